The number of pyridine rings is 2. The lowest BCUT2D eigenvalue weighted by Crippen LogP contribution is -2.27. The van der Waals surface area contributed by atoms with Gasteiger partial charge in [-0.2, -0.15) is 0 Å². The molecule has 3 aromatic carbocycles. The molecule has 3 aromatic heterocycles. The SMILES string of the molecule is NCc1ccc(-c2nc3ccnc(C(=O)NCCc4nc5ccccc5[nH]4)c3cc2-c2ccccc2)cc1. The normalized spacial score (nSPS) is 11.2. The van der Waals surface area contributed by atoms with Gasteiger partial charge in [0, 0.05) is 42.2 Å². The maximum atomic E-state index is 13.3. The van der Waals surface area contributed by atoms with Crippen molar-refractivity contribution in [3.05, 3.63) is 114 Å². The fourth-order valence-electron chi connectivity index (χ4n) is 4.64. The number of carbonyl (C=O) groups excluding carboxylic acids is 1. The molecule has 1 amide bonds. The van der Waals surface area contributed by atoms with Gasteiger partial charge in [-0.15, -0.1) is 0 Å². The molecule has 0 aliphatic carbocycles. The lowest BCUT2D eigenvalue weighted by atomic mass is 9.96. The highest BCUT2D eigenvalue weighted by Gasteiger charge is 2.17. The zero-order valence-electron chi connectivity index (χ0n) is 20.7. The summed E-state index contributed by atoms with van der Waals surface area (Å²) >= 11 is 0. The second-order valence-electron chi connectivity index (χ2n) is 9.08. The fourth-order valence-corrected chi connectivity index (χ4v) is 4.64. The summed E-state index contributed by atoms with van der Waals surface area (Å²) in [4.78, 5) is 30.6. The van der Waals surface area contributed by atoms with Crippen molar-refractivity contribution < 1.29 is 4.79 Å². The van der Waals surface area contributed by atoms with Crippen LogP contribution in [0.25, 0.3) is 44.3 Å². The predicted octanol–water partition coefficient (Wildman–Crippen LogP) is 5.27. The van der Waals surface area contributed by atoms with Crippen molar-refractivity contribution in [1.82, 2.24) is 25.3 Å². The fraction of sp³-hybridized carbons (Fsp3) is 0.0968. The molecule has 0 saturated carbocycles. The van der Waals surface area contributed by atoms with Gasteiger partial charge in [0.2, 0.25) is 0 Å². The van der Waals surface area contributed by atoms with E-state index in [4.69, 9.17) is 10.7 Å². The summed E-state index contributed by atoms with van der Waals surface area (Å²) < 4.78 is 0. The van der Waals surface area contributed by atoms with Crippen molar-refractivity contribution in [2.24, 2.45) is 5.73 Å². The molecule has 3 heterocycles. The van der Waals surface area contributed by atoms with E-state index in [1.807, 2.05) is 91.0 Å². The number of nitrogens with zero attached hydrogens (tertiary/aromatic N) is 3. The van der Waals surface area contributed by atoms with Crippen molar-refractivity contribution >= 4 is 27.8 Å². The van der Waals surface area contributed by atoms with Crippen LogP contribution in [0.15, 0.2) is 97.2 Å². The number of nitrogens with one attached hydrogen (secondary N) is 2. The number of rotatable bonds is 7. The van der Waals surface area contributed by atoms with Crippen LogP contribution in [0.2, 0.25) is 0 Å². The highest BCUT2D eigenvalue weighted by atomic mass is 16.1. The summed E-state index contributed by atoms with van der Waals surface area (Å²) in [5.74, 6) is 0.586. The molecular formula is C31H26N6O. The van der Waals surface area contributed by atoms with Crippen molar-refractivity contribution in [2.75, 3.05) is 6.54 Å². The van der Waals surface area contributed by atoms with Crippen molar-refractivity contribution in [3.8, 4) is 22.4 Å². The summed E-state index contributed by atoms with van der Waals surface area (Å²) in [6.45, 7) is 0.915. The number of para-hydroxylation sites is 2. The van der Waals surface area contributed by atoms with Gasteiger partial charge in [0.25, 0.3) is 5.91 Å². The van der Waals surface area contributed by atoms with E-state index in [2.05, 4.69) is 20.3 Å². The molecule has 4 N–H and O–H groups in total. The number of hydrogen-bond donors (Lipinski definition) is 3. The monoisotopic (exact) mass is 498 g/mol. The Morgan fingerprint density at radius 1 is 0.842 bits per heavy atom. The highest BCUT2D eigenvalue weighted by Crippen LogP contribution is 2.34. The number of amides is 1. The smallest absolute Gasteiger partial charge is 0.270 e. The van der Waals surface area contributed by atoms with Crippen molar-refractivity contribution in [3.63, 3.8) is 0 Å². The third-order valence-corrected chi connectivity index (χ3v) is 6.59. The Morgan fingerprint density at radius 3 is 2.42 bits per heavy atom. The summed E-state index contributed by atoms with van der Waals surface area (Å²) in [5.41, 5.74) is 13.6. The van der Waals surface area contributed by atoms with Crippen LogP contribution in [0.4, 0.5) is 0 Å². The van der Waals surface area contributed by atoms with Crippen LogP contribution in [0.1, 0.15) is 21.9 Å². The molecule has 6 rings (SSSR count). The van der Waals surface area contributed by atoms with E-state index in [9.17, 15) is 4.79 Å². The van der Waals surface area contributed by atoms with Crippen LogP contribution in [-0.4, -0.2) is 32.4 Å². The largest absolute Gasteiger partial charge is 0.350 e. The maximum Gasteiger partial charge on any atom is 0.270 e. The van der Waals surface area contributed by atoms with Gasteiger partial charge < -0.3 is 16.0 Å². The van der Waals surface area contributed by atoms with Crippen molar-refractivity contribution in [1.29, 1.82) is 0 Å². The van der Waals surface area contributed by atoms with Gasteiger partial charge in [0.1, 0.15) is 11.5 Å². The summed E-state index contributed by atoms with van der Waals surface area (Å²) in [6, 6.07) is 29.9. The van der Waals surface area contributed by atoms with Gasteiger partial charge >= 0.3 is 0 Å². The Labute approximate surface area is 219 Å². The number of benzene rings is 3. The van der Waals surface area contributed by atoms with Gasteiger partial charge in [-0.1, -0.05) is 66.7 Å². The first kappa shape index (κ1) is 23.5. The summed E-state index contributed by atoms with van der Waals surface area (Å²) in [6.07, 6.45) is 2.22. The van der Waals surface area contributed by atoms with Gasteiger partial charge in [0.15, 0.2) is 0 Å². The van der Waals surface area contributed by atoms with Gasteiger partial charge in [-0.05, 0) is 35.4 Å². The minimum atomic E-state index is -0.243. The zero-order chi connectivity index (χ0) is 25.9. The van der Waals surface area contributed by atoms with E-state index in [0.29, 0.717) is 36.1 Å². The summed E-state index contributed by atoms with van der Waals surface area (Å²) in [5, 5.41) is 3.70. The average Bonchev–Trinajstić information content (AvgIpc) is 3.39. The second kappa shape index (κ2) is 10.2. The Morgan fingerprint density at radius 2 is 1.63 bits per heavy atom. The first-order chi connectivity index (χ1) is 18.7. The minimum Gasteiger partial charge on any atom is -0.350 e. The third-order valence-electron chi connectivity index (χ3n) is 6.59. The average molecular weight is 499 g/mol. The molecule has 7 heteroatoms. The molecule has 0 aliphatic heterocycles. The number of H-pyrrole nitrogens is 1. The Bertz CT molecular complexity index is 1710. The number of aromatic amines is 1. The van der Waals surface area contributed by atoms with E-state index >= 15 is 0 Å². The topological polar surface area (TPSA) is 110 Å². The third kappa shape index (κ3) is 4.63. The van der Waals surface area contributed by atoms with E-state index in [1.165, 1.54) is 0 Å². The van der Waals surface area contributed by atoms with Gasteiger partial charge in [-0.3, -0.25) is 9.78 Å². The second-order valence-corrected chi connectivity index (χ2v) is 9.08. The predicted molar refractivity (Wildman–Crippen MR) is 150 cm³/mol. The zero-order valence-corrected chi connectivity index (χ0v) is 20.7. The van der Waals surface area contributed by atoms with E-state index in [1.54, 1.807) is 6.20 Å². The number of aromatic nitrogens is 4. The maximum absolute atomic E-state index is 13.3. The van der Waals surface area contributed by atoms with Gasteiger partial charge in [0.05, 0.1) is 22.2 Å². The Hall–Kier alpha value is -4.88. The Kier molecular flexibility index (Phi) is 6.34. The van der Waals surface area contributed by atoms with Crippen molar-refractivity contribution in [2.45, 2.75) is 13.0 Å². The number of imidazole rings is 1. The first-order valence-corrected chi connectivity index (χ1v) is 12.6. The van der Waals surface area contributed by atoms with Crippen LogP contribution >= 0.6 is 0 Å². The van der Waals surface area contributed by atoms with Crippen LogP contribution in [0.3, 0.4) is 0 Å². The first-order valence-electron chi connectivity index (χ1n) is 12.6. The molecule has 7 nitrogen and oxygen atoms in total. The molecule has 0 spiro atoms. The molecule has 0 aliphatic rings. The molecule has 6 aromatic rings. The van der Waals surface area contributed by atoms with Crippen LogP contribution in [-0.2, 0) is 13.0 Å². The molecule has 0 radical (unpaired) electrons. The quantitative estimate of drug-likeness (QED) is 0.278. The molecule has 0 fully saturated rings. The molecule has 38 heavy (non-hydrogen) atoms. The van der Waals surface area contributed by atoms with E-state index in [0.717, 1.165) is 44.8 Å². The van der Waals surface area contributed by atoms with E-state index < -0.39 is 0 Å². The molecule has 0 unspecified atom stereocenters. The summed E-state index contributed by atoms with van der Waals surface area (Å²) in [7, 11) is 0. The molecule has 186 valence electrons. The molecular weight excluding hydrogens is 472 g/mol. The van der Waals surface area contributed by atoms with Crippen LogP contribution in [0.5, 0.6) is 0 Å². The lowest BCUT2D eigenvalue weighted by Gasteiger charge is -2.14. The number of carbonyl (C=O) groups is 1. The van der Waals surface area contributed by atoms with E-state index in [-0.39, 0.29) is 5.91 Å². The number of nitrogens with two attached hydrogens (primary N) is 1. The highest BCUT2D eigenvalue weighted by molar-refractivity contribution is 6.06. The number of hydrogen-bond acceptors (Lipinski definition) is 5. The van der Waals surface area contributed by atoms with Gasteiger partial charge in [-0.25, -0.2) is 9.97 Å². The molecule has 0 saturated heterocycles. The number of fused-ring (bicyclic) bond motifs is 2. The van der Waals surface area contributed by atoms with Crippen LogP contribution < -0.4 is 11.1 Å². The standard InChI is InChI=1S/C31H26N6O/c32-19-20-10-12-22(13-11-20)29-23(21-6-2-1-3-7-21)18-24-25(37-29)14-16-33-30(24)31(38)34-17-15-28-35-26-8-4-5-9-27(26)36-28/h1-14,16,18H,15,17,19,32H2,(H,34,38)(H,35,36). The Balaban J connectivity index is 1.33. The minimum absolute atomic E-state index is 0.243. The van der Waals surface area contributed by atoms with Crippen LogP contribution in [0, 0.1) is 0 Å². The lowest BCUT2D eigenvalue weighted by molar-refractivity contribution is 0.0951. The molecule has 0 bridgehead atoms. The molecule has 0 atom stereocenters.